The first-order valence-corrected chi connectivity index (χ1v) is 9.08. The molecule has 0 unspecified atom stereocenters. The van der Waals surface area contributed by atoms with Gasteiger partial charge in [0.05, 0.1) is 0 Å². The topological polar surface area (TPSA) is 55.4 Å². The lowest BCUT2D eigenvalue weighted by Gasteiger charge is -2.16. The Labute approximate surface area is 162 Å². The van der Waals surface area contributed by atoms with Gasteiger partial charge in [-0.1, -0.05) is 45.8 Å². The number of hydrogen-bond donors (Lipinski definition) is 1. The van der Waals surface area contributed by atoms with Crippen LogP contribution in [0.1, 0.15) is 29.2 Å². The summed E-state index contributed by atoms with van der Waals surface area (Å²) in [6.07, 6.45) is 2.07. The van der Waals surface area contributed by atoms with Gasteiger partial charge in [0, 0.05) is 16.2 Å². The molecule has 4 nitrogen and oxygen atoms in total. The summed E-state index contributed by atoms with van der Waals surface area (Å²) in [6, 6.07) is 11.5. The quantitative estimate of drug-likeness (QED) is 0.554. The first-order chi connectivity index (χ1) is 12.3. The second-order valence-electron chi connectivity index (χ2n) is 6.23. The van der Waals surface area contributed by atoms with Gasteiger partial charge in [-0.25, -0.2) is 4.79 Å². The number of esters is 1. The predicted molar refractivity (Wildman–Crippen MR) is 108 cm³/mol. The second kappa shape index (κ2) is 8.81. The lowest BCUT2D eigenvalue weighted by Crippen LogP contribution is -2.30. The van der Waals surface area contributed by atoms with Gasteiger partial charge in [0.25, 0.3) is 5.91 Å². The van der Waals surface area contributed by atoms with Crippen molar-refractivity contribution in [2.75, 3.05) is 5.32 Å². The van der Waals surface area contributed by atoms with E-state index in [4.69, 9.17) is 4.74 Å². The maximum Gasteiger partial charge on any atom is 0.331 e. The molecule has 2 aromatic rings. The maximum atomic E-state index is 12.3. The molecule has 1 amide bonds. The summed E-state index contributed by atoms with van der Waals surface area (Å²) in [5.74, 6) is -0.918. The van der Waals surface area contributed by atoms with Crippen LogP contribution in [-0.4, -0.2) is 18.0 Å². The Kier molecular flexibility index (Phi) is 6.75. The molecular weight excluding hydrogens is 394 g/mol. The van der Waals surface area contributed by atoms with Crippen LogP contribution in [0.5, 0.6) is 0 Å². The highest BCUT2D eigenvalue weighted by molar-refractivity contribution is 9.10. The third-order valence-corrected chi connectivity index (χ3v) is 4.40. The minimum atomic E-state index is -0.892. The number of carbonyl (C=O) groups excluding carboxylic acids is 2. The highest BCUT2D eigenvalue weighted by Gasteiger charge is 2.18. The van der Waals surface area contributed by atoms with Gasteiger partial charge < -0.3 is 10.1 Å². The Morgan fingerprint density at radius 2 is 1.65 bits per heavy atom. The van der Waals surface area contributed by atoms with Crippen molar-refractivity contribution in [1.29, 1.82) is 0 Å². The minimum Gasteiger partial charge on any atom is -0.449 e. The van der Waals surface area contributed by atoms with E-state index in [1.807, 2.05) is 57.2 Å². The highest BCUT2D eigenvalue weighted by Crippen LogP contribution is 2.22. The Hall–Kier alpha value is -2.40. The van der Waals surface area contributed by atoms with Crippen molar-refractivity contribution < 1.29 is 14.3 Å². The van der Waals surface area contributed by atoms with E-state index in [1.165, 1.54) is 6.08 Å². The number of ether oxygens (including phenoxy) is 1. The average Bonchev–Trinajstić information content (AvgIpc) is 2.57. The molecule has 0 saturated heterocycles. The molecule has 0 aliphatic carbocycles. The largest absolute Gasteiger partial charge is 0.449 e. The van der Waals surface area contributed by atoms with Gasteiger partial charge in [-0.2, -0.15) is 0 Å². The summed E-state index contributed by atoms with van der Waals surface area (Å²) in [7, 11) is 0. The number of rotatable bonds is 5. The summed E-state index contributed by atoms with van der Waals surface area (Å²) in [6.45, 7) is 7.44. The third kappa shape index (κ3) is 5.56. The number of amides is 1. The molecule has 0 saturated carbocycles. The summed E-state index contributed by atoms with van der Waals surface area (Å²) < 4.78 is 6.15. The molecule has 0 aliphatic rings. The molecule has 0 aliphatic heterocycles. The van der Waals surface area contributed by atoms with Crippen molar-refractivity contribution in [1.82, 2.24) is 0 Å². The molecule has 26 heavy (non-hydrogen) atoms. The van der Waals surface area contributed by atoms with E-state index in [9.17, 15) is 9.59 Å². The second-order valence-corrected chi connectivity index (χ2v) is 7.14. The van der Waals surface area contributed by atoms with Gasteiger partial charge in [-0.05, 0) is 62.6 Å². The molecule has 0 radical (unpaired) electrons. The zero-order chi connectivity index (χ0) is 19.3. The molecule has 5 heteroatoms. The molecule has 0 aromatic heterocycles. The molecule has 1 atom stereocenters. The molecule has 0 spiro atoms. The van der Waals surface area contributed by atoms with Crippen LogP contribution < -0.4 is 5.32 Å². The Morgan fingerprint density at radius 3 is 2.23 bits per heavy atom. The molecule has 2 aromatic carbocycles. The lowest BCUT2D eigenvalue weighted by atomic mass is 10.0. The van der Waals surface area contributed by atoms with Crippen LogP contribution in [0.25, 0.3) is 6.08 Å². The number of halogens is 1. The molecular formula is C21H22BrNO3. The average molecular weight is 416 g/mol. The molecule has 0 fully saturated rings. The number of nitrogens with one attached hydrogen (secondary N) is 1. The van der Waals surface area contributed by atoms with Gasteiger partial charge in [0.1, 0.15) is 0 Å². The van der Waals surface area contributed by atoms with Crippen molar-refractivity contribution >= 4 is 39.6 Å². The van der Waals surface area contributed by atoms with Gasteiger partial charge in [0.15, 0.2) is 6.10 Å². The van der Waals surface area contributed by atoms with E-state index in [-0.39, 0.29) is 5.91 Å². The van der Waals surface area contributed by atoms with E-state index in [1.54, 1.807) is 13.0 Å². The first-order valence-electron chi connectivity index (χ1n) is 8.29. The predicted octanol–water partition coefficient (Wildman–Crippen LogP) is 4.96. The fourth-order valence-corrected chi connectivity index (χ4v) is 2.87. The Morgan fingerprint density at radius 1 is 1.08 bits per heavy atom. The van der Waals surface area contributed by atoms with Crippen LogP contribution in [0.3, 0.4) is 0 Å². The van der Waals surface area contributed by atoms with Crippen LogP contribution in [0.15, 0.2) is 46.9 Å². The van der Waals surface area contributed by atoms with Crippen molar-refractivity contribution in [2.45, 2.75) is 33.8 Å². The monoisotopic (exact) mass is 415 g/mol. The summed E-state index contributed by atoms with van der Waals surface area (Å²) in [5, 5.41) is 2.85. The fourth-order valence-electron chi connectivity index (χ4n) is 2.61. The normalized spacial score (nSPS) is 12.0. The minimum absolute atomic E-state index is 0.356. The first kappa shape index (κ1) is 19.9. The number of aryl methyl sites for hydroxylation is 3. The third-order valence-electron chi connectivity index (χ3n) is 3.87. The standard InChI is InChI=1S/C21H22BrNO3/c1-13-11-14(2)20(15(3)12-13)23-21(25)16(4)26-19(24)10-7-17-5-8-18(22)9-6-17/h5-12,16H,1-4H3,(H,23,25)/b10-7+/t16-/m1/s1. The zero-order valence-corrected chi connectivity index (χ0v) is 16.9. The molecule has 2 rings (SSSR count). The summed E-state index contributed by atoms with van der Waals surface area (Å²) in [5.41, 5.74) is 4.71. The molecule has 0 bridgehead atoms. The Bertz CT molecular complexity index is 818. The van der Waals surface area contributed by atoms with E-state index in [0.717, 1.165) is 32.4 Å². The van der Waals surface area contributed by atoms with Crippen molar-refractivity contribution in [3.8, 4) is 0 Å². The number of anilines is 1. The maximum absolute atomic E-state index is 12.3. The van der Waals surface area contributed by atoms with E-state index in [2.05, 4.69) is 21.2 Å². The number of carbonyl (C=O) groups is 2. The van der Waals surface area contributed by atoms with E-state index >= 15 is 0 Å². The number of hydrogen-bond acceptors (Lipinski definition) is 3. The molecule has 0 heterocycles. The van der Waals surface area contributed by atoms with Crippen LogP contribution in [0.4, 0.5) is 5.69 Å². The van der Waals surface area contributed by atoms with Gasteiger partial charge in [0.2, 0.25) is 0 Å². The van der Waals surface area contributed by atoms with Crippen molar-refractivity contribution in [3.63, 3.8) is 0 Å². The lowest BCUT2D eigenvalue weighted by molar-refractivity contribution is -0.148. The molecule has 136 valence electrons. The smallest absolute Gasteiger partial charge is 0.331 e. The van der Waals surface area contributed by atoms with Crippen LogP contribution in [-0.2, 0) is 14.3 Å². The van der Waals surface area contributed by atoms with Crippen LogP contribution in [0, 0.1) is 20.8 Å². The number of benzene rings is 2. The van der Waals surface area contributed by atoms with E-state index < -0.39 is 12.1 Å². The van der Waals surface area contributed by atoms with Gasteiger partial charge in [-0.3, -0.25) is 4.79 Å². The van der Waals surface area contributed by atoms with Crippen molar-refractivity contribution in [3.05, 3.63) is 69.2 Å². The van der Waals surface area contributed by atoms with Crippen LogP contribution >= 0.6 is 15.9 Å². The zero-order valence-electron chi connectivity index (χ0n) is 15.3. The van der Waals surface area contributed by atoms with E-state index in [0.29, 0.717) is 0 Å². The van der Waals surface area contributed by atoms with Crippen LogP contribution in [0.2, 0.25) is 0 Å². The van der Waals surface area contributed by atoms with Gasteiger partial charge >= 0.3 is 5.97 Å². The summed E-state index contributed by atoms with van der Waals surface area (Å²) in [4.78, 5) is 24.3. The van der Waals surface area contributed by atoms with Gasteiger partial charge in [-0.15, -0.1) is 0 Å². The fraction of sp³-hybridized carbons (Fsp3) is 0.238. The highest BCUT2D eigenvalue weighted by atomic mass is 79.9. The SMILES string of the molecule is Cc1cc(C)c(NC(=O)[C@@H](C)OC(=O)/C=C/c2ccc(Br)cc2)c(C)c1. The van der Waals surface area contributed by atoms with Crippen molar-refractivity contribution in [2.24, 2.45) is 0 Å². The molecule has 1 N–H and O–H groups in total. The summed E-state index contributed by atoms with van der Waals surface area (Å²) >= 11 is 3.36. The Balaban J connectivity index is 1.96.